The number of hydrogen-bond acceptors (Lipinski definition) is 2. The average molecular weight is 446 g/mol. The van der Waals surface area contributed by atoms with Gasteiger partial charge in [-0.2, -0.15) is 0 Å². The summed E-state index contributed by atoms with van der Waals surface area (Å²) in [6.07, 6.45) is 0. The van der Waals surface area contributed by atoms with Crippen LogP contribution in [-0.4, -0.2) is 10.4 Å². The van der Waals surface area contributed by atoms with E-state index in [0.717, 1.165) is 16.6 Å². The van der Waals surface area contributed by atoms with Crippen LogP contribution in [0, 0.1) is 0 Å². The summed E-state index contributed by atoms with van der Waals surface area (Å²) in [5.41, 5.74) is 9.70. The first-order valence-corrected chi connectivity index (χ1v) is 10.1. The molecule has 0 saturated carbocycles. The minimum atomic E-state index is -0.110. The van der Waals surface area contributed by atoms with Crippen LogP contribution >= 0.6 is 34.8 Å². The van der Waals surface area contributed by atoms with Crippen molar-refractivity contribution in [1.82, 2.24) is 4.57 Å². The number of benzene rings is 3. The number of nitrogen functional groups attached to an aromatic ring is 1. The Kier molecular flexibility index (Phi) is 5.50. The lowest BCUT2D eigenvalue weighted by molar-refractivity contribution is -0.648. The largest absolute Gasteiger partial charge is 0.356 e. The van der Waals surface area contributed by atoms with E-state index < -0.39 is 0 Å². The number of carbonyl (C=O) groups excluding carboxylic acids is 1. The Morgan fingerprint density at radius 3 is 2.38 bits per heavy atom. The van der Waals surface area contributed by atoms with Crippen molar-refractivity contribution in [2.75, 3.05) is 5.73 Å². The fraction of sp³-hybridized carbons (Fsp3) is 0.0909. The Hall–Kier alpha value is -2.53. The topological polar surface area (TPSA) is 51.9 Å². The van der Waals surface area contributed by atoms with Crippen molar-refractivity contribution in [3.8, 4) is 0 Å². The molecule has 146 valence electrons. The predicted octanol–water partition coefficient (Wildman–Crippen LogP) is 5.40. The number of aromatic nitrogens is 2. The van der Waals surface area contributed by atoms with Crippen molar-refractivity contribution in [1.29, 1.82) is 0 Å². The van der Waals surface area contributed by atoms with Gasteiger partial charge >= 0.3 is 5.95 Å². The second-order valence-corrected chi connectivity index (χ2v) is 7.88. The Labute approximate surface area is 183 Å². The van der Waals surface area contributed by atoms with Crippen LogP contribution < -0.4 is 10.3 Å². The number of ketones is 1. The Morgan fingerprint density at radius 2 is 1.62 bits per heavy atom. The molecule has 0 unspecified atom stereocenters. The number of imidazole rings is 1. The van der Waals surface area contributed by atoms with Crippen molar-refractivity contribution in [2.24, 2.45) is 0 Å². The van der Waals surface area contributed by atoms with Gasteiger partial charge in [0.1, 0.15) is 17.6 Å². The maximum Gasteiger partial charge on any atom is 0.356 e. The van der Waals surface area contributed by atoms with E-state index >= 15 is 0 Å². The molecule has 0 saturated heterocycles. The van der Waals surface area contributed by atoms with E-state index in [-0.39, 0.29) is 12.3 Å². The maximum absolute atomic E-state index is 12.9. The predicted molar refractivity (Wildman–Crippen MR) is 118 cm³/mol. The molecule has 0 bridgehead atoms. The van der Waals surface area contributed by atoms with Crippen molar-refractivity contribution < 1.29 is 9.36 Å². The van der Waals surface area contributed by atoms with Gasteiger partial charge in [-0.1, -0.05) is 65.1 Å². The summed E-state index contributed by atoms with van der Waals surface area (Å²) in [6, 6.07) is 20.3. The molecule has 0 fully saturated rings. The minimum absolute atomic E-state index is 0.0832. The van der Waals surface area contributed by atoms with Crippen LogP contribution in [0.4, 0.5) is 5.95 Å². The summed E-state index contributed by atoms with van der Waals surface area (Å²) >= 11 is 18.4. The molecule has 0 spiro atoms. The molecule has 1 aromatic heterocycles. The number of anilines is 1. The Balaban J connectivity index is 1.75. The molecule has 0 aliphatic rings. The molecule has 1 heterocycles. The summed E-state index contributed by atoms with van der Waals surface area (Å²) in [6.45, 7) is 0.583. The van der Waals surface area contributed by atoms with E-state index in [1.165, 1.54) is 0 Å². The monoisotopic (exact) mass is 444 g/mol. The van der Waals surface area contributed by atoms with Crippen LogP contribution in [0.3, 0.4) is 0 Å². The first kappa shape index (κ1) is 19.8. The smallest absolute Gasteiger partial charge is 0.291 e. The highest BCUT2D eigenvalue weighted by Gasteiger charge is 2.24. The third-order valence-corrected chi connectivity index (χ3v) is 5.95. The number of nitrogens with two attached hydrogens (primary N) is 1. The lowest BCUT2D eigenvalue weighted by atomic mass is 10.1. The molecule has 7 heteroatoms. The molecule has 0 aliphatic carbocycles. The third kappa shape index (κ3) is 3.84. The molecule has 2 N–H and O–H groups in total. The van der Waals surface area contributed by atoms with E-state index in [2.05, 4.69) is 0 Å². The minimum Gasteiger partial charge on any atom is -0.291 e. The number of halogens is 3. The SMILES string of the molecule is Nc1n(CC(=O)c2ccc(Cl)c(Cl)c2)c2ccccc2[n+]1Cc1ccccc1Cl. The van der Waals surface area contributed by atoms with Gasteiger partial charge in [0.15, 0.2) is 5.78 Å². The fourth-order valence-corrected chi connectivity index (χ4v) is 3.84. The molecule has 0 aliphatic heterocycles. The molecule has 0 radical (unpaired) electrons. The second-order valence-electron chi connectivity index (χ2n) is 6.66. The van der Waals surface area contributed by atoms with Crippen molar-refractivity contribution in [3.63, 3.8) is 0 Å². The van der Waals surface area contributed by atoms with Crippen LogP contribution in [0.5, 0.6) is 0 Å². The van der Waals surface area contributed by atoms with E-state index in [1.54, 1.807) is 22.8 Å². The molecule has 29 heavy (non-hydrogen) atoms. The van der Waals surface area contributed by atoms with E-state index in [1.807, 2.05) is 53.1 Å². The van der Waals surface area contributed by atoms with Gasteiger partial charge < -0.3 is 0 Å². The number of Topliss-reactive ketones (excluding diaryl/α,β-unsaturated/α-hetero) is 1. The lowest BCUT2D eigenvalue weighted by Gasteiger charge is -2.05. The van der Waals surface area contributed by atoms with Gasteiger partial charge in [-0.15, -0.1) is 0 Å². The number of fused-ring (bicyclic) bond motifs is 1. The molecule has 0 amide bonds. The highest BCUT2D eigenvalue weighted by Crippen LogP contribution is 2.24. The Morgan fingerprint density at radius 1 is 0.897 bits per heavy atom. The van der Waals surface area contributed by atoms with Crippen LogP contribution in [-0.2, 0) is 13.1 Å². The van der Waals surface area contributed by atoms with Crippen LogP contribution in [0.2, 0.25) is 15.1 Å². The maximum atomic E-state index is 12.9. The molecule has 4 aromatic rings. The summed E-state index contributed by atoms with van der Waals surface area (Å²) in [5, 5.41) is 1.42. The van der Waals surface area contributed by atoms with Crippen molar-refractivity contribution in [2.45, 2.75) is 13.1 Å². The van der Waals surface area contributed by atoms with Crippen LogP contribution in [0.25, 0.3) is 11.0 Å². The fourth-order valence-electron chi connectivity index (χ4n) is 3.35. The van der Waals surface area contributed by atoms with Crippen molar-refractivity contribution in [3.05, 3.63) is 92.9 Å². The quantitative estimate of drug-likeness (QED) is 0.330. The molecule has 0 atom stereocenters. The van der Waals surface area contributed by atoms with Crippen molar-refractivity contribution >= 4 is 57.6 Å². The molecule has 4 nitrogen and oxygen atoms in total. The molecular formula is C22H17Cl3N3O+. The lowest BCUT2D eigenvalue weighted by Crippen LogP contribution is -2.37. The van der Waals surface area contributed by atoms with E-state index in [0.29, 0.717) is 33.1 Å². The summed E-state index contributed by atoms with van der Waals surface area (Å²) in [5.74, 6) is 0.362. The van der Waals surface area contributed by atoms with Gasteiger partial charge in [0.25, 0.3) is 0 Å². The van der Waals surface area contributed by atoms with Gasteiger partial charge in [0.2, 0.25) is 0 Å². The molecule has 4 rings (SSSR count). The second kappa shape index (κ2) is 8.07. The molecule has 3 aromatic carbocycles. The zero-order valence-electron chi connectivity index (χ0n) is 15.3. The zero-order chi connectivity index (χ0) is 20.5. The average Bonchev–Trinajstić information content (AvgIpc) is 2.97. The zero-order valence-corrected chi connectivity index (χ0v) is 17.5. The first-order valence-electron chi connectivity index (χ1n) is 8.94. The summed E-state index contributed by atoms with van der Waals surface area (Å²) < 4.78 is 3.76. The van der Waals surface area contributed by atoms with Gasteiger partial charge in [0.05, 0.1) is 16.6 Å². The van der Waals surface area contributed by atoms with Gasteiger partial charge in [-0.05, 0) is 36.4 Å². The van der Waals surface area contributed by atoms with Gasteiger partial charge in [-0.3, -0.25) is 10.5 Å². The van der Waals surface area contributed by atoms with Gasteiger partial charge in [-0.25, -0.2) is 9.13 Å². The molecular weight excluding hydrogens is 429 g/mol. The number of carbonyl (C=O) groups is 1. The van der Waals surface area contributed by atoms with E-state index in [4.69, 9.17) is 40.5 Å². The highest BCUT2D eigenvalue weighted by atomic mass is 35.5. The number of rotatable bonds is 5. The third-order valence-electron chi connectivity index (χ3n) is 4.85. The van der Waals surface area contributed by atoms with Crippen LogP contribution in [0.1, 0.15) is 15.9 Å². The highest BCUT2D eigenvalue weighted by molar-refractivity contribution is 6.42. The summed E-state index contributed by atoms with van der Waals surface area (Å²) in [4.78, 5) is 12.9. The first-order chi connectivity index (χ1) is 14.0. The normalized spacial score (nSPS) is 11.1. The van der Waals surface area contributed by atoms with E-state index in [9.17, 15) is 4.79 Å². The number of hydrogen-bond donors (Lipinski definition) is 1. The van der Waals surface area contributed by atoms with Gasteiger partial charge in [0, 0.05) is 16.1 Å². The standard InChI is InChI=1S/C22H16Cl3N3O/c23-16-6-2-1-5-15(16)12-27-19-7-3-4-8-20(19)28(22(27)26)13-21(29)14-9-10-17(24)18(25)11-14/h1-11,26H,12-13H2/p+1. The van der Waals surface area contributed by atoms with Crippen LogP contribution in [0.15, 0.2) is 66.7 Å². The summed E-state index contributed by atoms with van der Waals surface area (Å²) in [7, 11) is 0. The number of nitrogens with zero attached hydrogens (tertiary/aromatic N) is 2. The number of para-hydroxylation sites is 2. The Bertz CT molecular complexity index is 1230.